The Balaban J connectivity index is 1.64. The molecule has 0 spiro atoms. The lowest BCUT2D eigenvalue weighted by molar-refractivity contribution is -0.132. The fourth-order valence-electron chi connectivity index (χ4n) is 3.12. The molecule has 1 heterocycles. The van der Waals surface area contributed by atoms with Crippen LogP contribution in [0, 0.1) is 5.92 Å². The number of hydrogen-bond acceptors (Lipinski definition) is 5. The summed E-state index contributed by atoms with van der Waals surface area (Å²) in [4.78, 5) is 37.8. The highest BCUT2D eigenvalue weighted by molar-refractivity contribution is 5.94. The van der Waals surface area contributed by atoms with Crippen molar-refractivity contribution in [1.29, 1.82) is 0 Å². The molecule has 2 rings (SSSR count). The number of likely N-dealkylation sites (tertiary alicyclic amines) is 1. The lowest BCUT2D eigenvalue weighted by Crippen LogP contribution is -2.42. The number of alkyl carbamates (subject to hydrolysis) is 1. The van der Waals surface area contributed by atoms with E-state index >= 15 is 0 Å². The molecule has 8 heteroatoms. The smallest absolute Gasteiger partial charge is 0.407 e. The van der Waals surface area contributed by atoms with E-state index in [0.717, 1.165) is 12.8 Å². The largest absolute Gasteiger partial charge is 0.508 e. The summed E-state index contributed by atoms with van der Waals surface area (Å²) in [6.07, 6.45) is 1.33. The van der Waals surface area contributed by atoms with E-state index < -0.39 is 11.7 Å². The van der Waals surface area contributed by atoms with E-state index in [4.69, 9.17) is 4.74 Å². The van der Waals surface area contributed by atoms with Gasteiger partial charge in [0.25, 0.3) is 5.91 Å². The van der Waals surface area contributed by atoms with Crippen LogP contribution in [0.4, 0.5) is 4.79 Å². The number of phenolic OH excluding ortho intramolecular Hbond substituents is 1. The first kappa shape index (κ1) is 22.5. The second-order valence-corrected chi connectivity index (χ2v) is 8.26. The molecule has 3 N–H and O–H groups in total. The SMILES string of the molecule is CC(C)(C)OC(=O)NCCC(=O)N1CCC(CNC(=O)c2cccc(O)c2)CC1. The van der Waals surface area contributed by atoms with Crippen molar-refractivity contribution in [2.24, 2.45) is 5.92 Å². The number of aromatic hydroxyl groups is 1. The van der Waals surface area contributed by atoms with Gasteiger partial charge in [0.05, 0.1) is 0 Å². The first-order chi connectivity index (χ1) is 13.6. The number of nitrogens with zero attached hydrogens (tertiary/aromatic N) is 1. The molecule has 29 heavy (non-hydrogen) atoms. The molecule has 0 aromatic heterocycles. The minimum absolute atomic E-state index is 0.00306. The Kier molecular flexibility index (Phi) is 7.87. The maximum Gasteiger partial charge on any atom is 0.407 e. The fourth-order valence-corrected chi connectivity index (χ4v) is 3.12. The minimum atomic E-state index is -0.563. The summed E-state index contributed by atoms with van der Waals surface area (Å²) >= 11 is 0. The molecule has 8 nitrogen and oxygen atoms in total. The highest BCUT2D eigenvalue weighted by Crippen LogP contribution is 2.18. The van der Waals surface area contributed by atoms with E-state index in [-0.39, 0.29) is 30.5 Å². The molecule has 1 aromatic carbocycles. The summed E-state index contributed by atoms with van der Waals surface area (Å²) in [6, 6.07) is 6.24. The number of ether oxygens (including phenoxy) is 1. The van der Waals surface area contributed by atoms with Crippen molar-refractivity contribution in [3.63, 3.8) is 0 Å². The molecule has 1 aromatic rings. The molecule has 0 radical (unpaired) electrons. The van der Waals surface area contributed by atoms with Crippen LogP contribution < -0.4 is 10.6 Å². The Bertz CT molecular complexity index is 721. The summed E-state index contributed by atoms with van der Waals surface area (Å²) in [5.41, 5.74) is -0.137. The van der Waals surface area contributed by atoms with Gasteiger partial charge in [0.2, 0.25) is 5.91 Å². The fraction of sp³-hybridized carbons (Fsp3) is 0.571. The topological polar surface area (TPSA) is 108 Å². The first-order valence-corrected chi connectivity index (χ1v) is 9.96. The normalized spacial score (nSPS) is 14.9. The molecule has 1 aliphatic heterocycles. The Hall–Kier alpha value is -2.77. The van der Waals surface area contributed by atoms with Crippen LogP contribution in [0.3, 0.4) is 0 Å². The van der Waals surface area contributed by atoms with Crippen LogP contribution in [0.1, 0.15) is 50.4 Å². The maximum atomic E-state index is 12.3. The number of carbonyl (C=O) groups is 3. The van der Waals surface area contributed by atoms with Gasteiger partial charge in [-0.25, -0.2) is 4.79 Å². The summed E-state index contributed by atoms with van der Waals surface area (Å²) in [5.74, 6) is 0.154. The summed E-state index contributed by atoms with van der Waals surface area (Å²) in [5, 5.41) is 14.9. The second kappa shape index (κ2) is 10.1. The van der Waals surface area contributed by atoms with Gasteiger partial charge in [-0.1, -0.05) is 6.07 Å². The monoisotopic (exact) mass is 405 g/mol. The number of benzene rings is 1. The van der Waals surface area contributed by atoms with Crippen molar-refractivity contribution in [2.75, 3.05) is 26.2 Å². The van der Waals surface area contributed by atoms with Gasteiger partial charge >= 0.3 is 6.09 Å². The summed E-state index contributed by atoms with van der Waals surface area (Å²) in [6.45, 7) is 7.41. The maximum absolute atomic E-state index is 12.3. The quantitative estimate of drug-likeness (QED) is 0.673. The second-order valence-electron chi connectivity index (χ2n) is 8.26. The van der Waals surface area contributed by atoms with E-state index in [1.54, 1.807) is 37.8 Å². The Labute approximate surface area is 171 Å². The Morgan fingerprint density at radius 2 is 1.86 bits per heavy atom. The van der Waals surface area contributed by atoms with Crippen LogP contribution in [0.2, 0.25) is 0 Å². The van der Waals surface area contributed by atoms with Crippen molar-refractivity contribution < 1.29 is 24.2 Å². The van der Waals surface area contributed by atoms with E-state index in [1.807, 2.05) is 0 Å². The molecule has 1 aliphatic rings. The highest BCUT2D eigenvalue weighted by atomic mass is 16.6. The van der Waals surface area contributed by atoms with Crippen LogP contribution >= 0.6 is 0 Å². The number of piperidine rings is 1. The number of rotatable bonds is 6. The number of carbonyl (C=O) groups excluding carboxylic acids is 3. The van der Waals surface area contributed by atoms with E-state index in [1.165, 1.54) is 12.1 Å². The van der Waals surface area contributed by atoms with E-state index in [2.05, 4.69) is 10.6 Å². The molecule has 0 unspecified atom stereocenters. The third kappa shape index (κ3) is 8.01. The molecule has 1 saturated heterocycles. The average Bonchev–Trinajstić information content (AvgIpc) is 2.65. The van der Waals surface area contributed by atoms with Gasteiger partial charge < -0.3 is 25.4 Å². The number of phenols is 1. The van der Waals surface area contributed by atoms with Crippen molar-refractivity contribution in [3.8, 4) is 5.75 Å². The average molecular weight is 405 g/mol. The highest BCUT2D eigenvalue weighted by Gasteiger charge is 2.23. The van der Waals surface area contributed by atoms with Gasteiger partial charge in [0.15, 0.2) is 0 Å². The van der Waals surface area contributed by atoms with Crippen molar-refractivity contribution >= 4 is 17.9 Å². The van der Waals surface area contributed by atoms with E-state index in [9.17, 15) is 19.5 Å². The van der Waals surface area contributed by atoms with Gasteiger partial charge in [0.1, 0.15) is 11.4 Å². The van der Waals surface area contributed by atoms with Crippen LogP contribution in [-0.4, -0.2) is 59.7 Å². The van der Waals surface area contributed by atoms with Gasteiger partial charge in [-0.2, -0.15) is 0 Å². The van der Waals surface area contributed by atoms with Crippen LogP contribution in [0.5, 0.6) is 5.75 Å². The molecule has 0 aliphatic carbocycles. The Morgan fingerprint density at radius 3 is 2.48 bits per heavy atom. The molecular weight excluding hydrogens is 374 g/mol. The lowest BCUT2D eigenvalue weighted by Gasteiger charge is -2.32. The zero-order valence-corrected chi connectivity index (χ0v) is 17.4. The van der Waals surface area contributed by atoms with Gasteiger partial charge in [-0.3, -0.25) is 9.59 Å². The standard InChI is InChI=1S/C21H31N3O5/c1-21(2,3)29-20(28)22-10-7-18(26)24-11-8-15(9-12-24)14-23-19(27)16-5-4-6-17(25)13-16/h4-6,13,15,25H,7-12,14H2,1-3H3,(H,22,28)(H,23,27). The first-order valence-electron chi connectivity index (χ1n) is 9.96. The van der Waals surface area contributed by atoms with Crippen molar-refractivity contribution in [2.45, 2.75) is 45.6 Å². The summed E-state index contributed by atoms with van der Waals surface area (Å²) < 4.78 is 5.14. The number of nitrogens with one attached hydrogen (secondary N) is 2. The van der Waals surface area contributed by atoms with E-state index in [0.29, 0.717) is 31.1 Å². The zero-order valence-electron chi connectivity index (χ0n) is 17.4. The van der Waals surface area contributed by atoms with Crippen molar-refractivity contribution in [1.82, 2.24) is 15.5 Å². The van der Waals surface area contributed by atoms with Crippen LogP contribution in [0.15, 0.2) is 24.3 Å². The van der Waals surface area contributed by atoms with Crippen LogP contribution in [-0.2, 0) is 9.53 Å². The van der Waals surface area contributed by atoms with Crippen LogP contribution in [0.25, 0.3) is 0 Å². The molecule has 1 fully saturated rings. The number of amides is 3. The van der Waals surface area contributed by atoms with Gasteiger partial charge in [-0.05, 0) is 57.7 Å². The zero-order chi connectivity index (χ0) is 21.4. The lowest BCUT2D eigenvalue weighted by atomic mass is 9.96. The molecule has 0 bridgehead atoms. The van der Waals surface area contributed by atoms with Crippen molar-refractivity contribution in [3.05, 3.63) is 29.8 Å². The number of hydrogen-bond donors (Lipinski definition) is 3. The molecule has 160 valence electrons. The third-order valence-electron chi connectivity index (χ3n) is 4.63. The molecule has 0 saturated carbocycles. The molecule has 3 amide bonds. The minimum Gasteiger partial charge on any atom is -0.508 e. The van der Waals surface area contributed by atoms with Gasteiger partial charge in [0, 0.05) is 38.2 Å². The molecule has 0 atom stereocenters. The predicted molar refractivity (Wildman–Crippen MR) is 109 cm³/mol. The predicted octanol–water partition coefficient (Wildman–Crippen LogP) is 2.28. The third-order valence-corrected chi connectivity index (χ3v) is 4.63. The van der Waals surface area contributed by atoms with Gasteiger partial charge in [-0.15, -0.1) is 0 Å². The molecular formula is C21H31N3O5. The Morgan fingerprint density at radius 1 is 1.17 bits per heavy atom. The summed E-state index contributed by atoms with van der Waals surface area (Å²) in [7, 11) is 0.